The van der Waals surface area contributed by atoms with Crippen LogP contribution in [0, 0.1) is 5.92 Å². The quantitative estimate of drug-likeness (QED) is 0.558. The van der Waals surface area contributed by atoms with Gasteiger partial charge in [0.25, 0.3) is 0 Å². The van der Waals surface area contributed by atoms with Gasteiger partial charge in [0, 0.05) is 19.8 Å². The van der Waals surface area contributed by atoms with Crippen LogP contribution >= 0.6 is 0 Å². The van der Waals surface area contributed by atoms with E-state index >= 15 is 0 Å². The lowest BCUT2D eigenvalue weighted by atomic mass is 9.90. The molecule has 1 amide bonds. The molecule has 0 fully saturated rings. The Morgan fingerprint density at radius 3 is 2.57 bits per heavy atom. The third-order valence-corrected chi connectivity index (χ3v) is 5.00. The molecule has 2 atom stereocenters. The predicted molar refractivity (Wildman–Crippen MR) is 107 cm³/mol. The summed E-state index contributed by atoms with van der Waals surface area (Å²) in [6.45, 7) is 1.95. The molecule has 1 N–H and O–H groups in total. The molecule has 1 aliphatic rings. The largest absolute Gasteiger partial charge is 0.465 e. The Balaban J connectivity index is 1.91. The van der Waals surface area contributed by atoms with E-state index < -0.39 is 23.8 Å². The number of esters is 1. The zero-order chi connectivity index (χ0) is 19.8. The molecule has 3 aromatic rings. The molecule has 2 aromatic carbocycles. The van der Waals surface area contributed by atoms with Crippen LogP contribution in [0.3, 0.4) is 0 Å². The molecule has 2 heterocycles. The number of nitrogens with one attached hydrogen (secondary N) is 1. The van der Waals surface area contributed by atoms with Crippen molar-refractivity contribution in [2.75, 3.05) is 30.9 Å². The molecule has 0 aliphatic carbocycles. The summed E-state index contributed by atoms with van der Waals surface area (Å²) in [5.74, 6) is -1.49. The van der Waals surface area contributed by atoms with E-state index in [1.807, 2.05) is 72.1 Å². The second-order valence-corrected chi connectivity index (χ2v) is 6.94. The molecular weight excluding hydrogens is 356 g/mol. The minimum absolute atomic E-state index is 0.215. The molecule has 0 spiro atoms. The first-order valence-electron chi connectivity index (χ1n) is 9.23. The summed E-state index contributed by atoms with van der Waals surface area (Å²) >= 11 is 0. The molecule has 4 rings (SSSR count). The van der Waals surface area contributed by atoms with Crippen LogP contribution < -0.4 is 10.2 Å². The first-order valence-corrected chi connectivity index (χ1v) is 9.23. The van der Waals surface area contributed by atoms with Crippen molar-refractivity contribution in [1.82, 2.24) is 9.55 Å². The van der Waals surface area contributed by atoms with Gasteiger partial charge in [0.1, 0.15) is 0 Å². The van der Waals surface area contributed by atoms with E-state index in [0.717, 1.165) is 22.3 Å². The van der Waals surface area contributed by atoms with E-state index in [9.17, 15) is 9.59 Å². The molecule has 7 nitrogen and oxygen atoms in total. The van der Waals surface area contributed by atoms with Gasteiger partial charge in [-0.25, -0.2) is 4.98 Å². The van der Waals surface area contributed by atoms with Crippen LogP contribution in [0.15, 0.2) is 48.5 Å². The summed E-state index contributed by atoms with van der Waals surface area (Å²) in [6, 6.07) is 14.9. The Kier molecular flexibility index (Phi) is 4.50. The SMILES string of the molecule is CCOC(=O)[C@H]1C(=O)Nc2nc3ccccc3n2[C@@H]1c1ccc(N(C)C)cc1. The summed E-state index contributed by atoms with van der Waals surface area (Å²) < 4.78 is 7.15. The van der Waals surface area contributed by atoms with Crippen molar-refractivity contribution in [3.63, 3.8) is 0 Å². The zero-order valence-corrected chi connectivity index (χ0v) is 16.0. The molecular formula is C21H22N4O3. The number of carbonyl (C=O) groups is 2. The van der Waals surface area contributed by atoms with E-state index in [4.69, 9.17) is 4.74 Å². The number of hydrogen-bond acceptors (Lipinski definition) is 5. The summed E-state index contributed by atoms with van der Waals surface area (Å²) in [6.07, 6.45) is 0. The van der Waals surface area contributed by atoms with Crippen molar-refractivity contribution >= 4 is 34.5 Å². The first kappa shape index (κ1) is 18.0. The molecule has 0 radical (unpaired) electrons. The van der Waals surface area contributed by atoms with E-state index in [0.29, 0.717) is 5.95 Å². The van der Waals surface area contributed by atoms with Crippen LogP contribution in [-0.2, 0) is 14.3 Å². The number of ether oxygens (including phenoxy) is 1. The van der Waals surface area contributed by atoms with E-state index in [1.165, 1.54) is 0 Å². The van der Waals surface area contributed by atoms with Crippen molar-refractivity contribution in [2.45, 2.75) is 13.0 Å². The lowest BCUT2D eigenvalue weighted by Gasteiger charge is -2.32. The Bertz CT molecular complexity index is 1040. The van der Waals surface area contributed by atoms with Crippen molar-refractivity contribution in [3.05, 3.63) is 54.1 Å². The van der Waals surface area contributed by atoms with E-state index in [2.05, 4.69) is 10.3 Å². The number of benzene rings is 2. The number of fused-ring (bicyclic) bond motifs is 3. The van der Waals surface area contributed by atoms with Crippen molar-refractivity contribution < 1.29 is 14.3 Å². The molecule has 0 unspecified atom stereocenters. The average molecular weight is 378 g/mol. The first-order chi connectivity index (χ1) is 13.5. The van der Waals surface area contributed by atoms with Gasteiger partial charge in [-0.2, -0.15) is 0 Å². The van der Waals surface area contributed by atoms with Crippen molar-refractivity contribution in [2.24, 2.45) is 5.92 Å². The number of hydrogen-bond donors (Lipinski definition) is 1. The lowest BCUT2D eigenvalue weighted by Crippen LogP contribution is -2.43. The highest BCUT2D eigenvalue weighted by molar-refractivity contribution is 6.07. The minimum Gasteiger partial charge on any atom is -0.465 e. The smallest absolute Gasteiger partial charge is 0.321 e. The van der Waals surface area contributed by atoms with Gasteiger partial charge in [-0.3, -0.25) is 14.9 Å². The minimum atomic E-state index is -0.990. The number of nitrogens with zero attached hydrogens (tertiary/aromatic N) is 3. The highest BCUT2D eigenvalue weighted by Crippen LogP contribution is 2.39. The van der Waals surface area contributed by atoms with Crippen LogP contribution in [0.2, 0.25) is 0 Å². The van der Waals surface area contributed by atoms with Gasteiger partial charge in [0.15, 0.2) is 5.92 Å². The van der Waals surface area contributed by atoms with E-state index in [-0.39, 0.29) is 6.61 Å². The van der Waals surface area contributed by atoms with Crippen LogP contribution in [0.5, 0.6) is 0 Å². The van der Waals surface area contributed by atoms with Gasteiger partial charge in [0.2, 0.25) is 11.9 Å². The topological polar surface area (TPSA) is 76.5 Å². The number of rotatable bonds is 4. The lowest BCUT2D eigenvalue weighted by molar-refractivity contribution is -0.152. The maximum atomic E-state index is 12.8. The van der Waals surface area contributed by atoms with Gasteiger partial charge in [-0.15, -0.1) is 0 Å². The number of aromatic nitrogens is 2. The maximum absolute atomic E-state index is 12.8. The third-order valence-electron chi connectivity index (χ3n) is 5.00. The Labute approximate surface area is 162 Å². The molecule has 0 saturated heterocycles. The summed E-state index contributed by atoms with van der Waals surface area (Å²) in [5.41, 5.74) is 3.50. The zero-order valence-electron chi connectivity index (χ0n) is 16.0. The molecule has 144 valence electrons. The third kappa shape index (κ3) is 2.89. The van der Waals surface area contributed by atoms with Gasteiger partial charge < -0.3 is 14.2 Å². The predicted octanol–water partition coefficient (Wildman–Crippen LogP) is 2.82. The highest BCUT2D eigenvalue weighted by atomic mass is 16.5. The highest BCUT2D eigenvalue weighted by Gasteiger charge is 2.44. The molecule has 28 heavy (non-hydrogen) atoms. The summed E-state index contributed by atoms with van der Waals surface area (Å²) in [5, 5.41) is 2.77. The van der Waals surface area contributed by atoms with Gasteiger partial charge in [-0.1, -0.05) is 24.3 Å². The standard InChI is InChI=1S/C21H22N4O3/c1-4-28-20(27)17-18(13-9-11-14(12-10-13)24(2)3)25-16-8-6-5-7-15(16)22-21(25)23-19(17)26/h5-12,17-18H,4H2,1-3H3,(H,22,23,26)/t17-,18-/m1/s1. The Hall–Kier alpha value is -3.35. The fourth-order valence-corrected chi connectivity index (χ4v) is 3.67. The summed E-state index contributed by atoms with van der Waals surface area (Å²) in [4.78, 5) is 32.1. The molecule has 7 heteroatoms. The molecule has 1 aromatic heterocycles. The van der Waals surface area contributed by atoms with Crippen LogP contribution in [0.4, 0.5) is 11.6 Å². The Morgan fingerprint density at radius 2 is 1.89 bits per heavy atom. The fraction of sp³-hybridized carbons (Fsp3) is 0.286. The van der Waals surface area contributed by atoms with Crippen LogP contribution in [-0.4, -0.2) is 42.1 Å². The second kappa shape index (κ2) is 6.99. The van der Waals surface area contributed by atoms with Crippen molar-refractivity contribution in [1.29, 1.82) is 0 Å². The van der Waals surface area contributed by atoms with E-state index in [1.54, 1.807) is 6.92 Å². The van der Waals surface area contributed by atoms with Gasteiger partial charge >= 0.3 is 5.97 Å². The monoisotopic (exact) mass is 378 g/mol. The molecule has 1 aliphatic heterocycles. The van der Waals surface area contributed by atoms with Gasteiger partial charge in [0.05, 0.1) is 23.7 Å². The van der Waals surface area contributed by atoms with Crippen molar-refractivity contribution in [3.8, 4) is 0 Å². The Morgan fingerprint density at radius 1 is 1.18 bits per heavy atom. The number of anilines is 2. The normalized spacial score (nSPS) is 18.5. The molecule has 0 bridgehead atoms. The second-order valence-electron chi connectivity index (χ2n) is 6.94. The van der Waals surface area contributed by atoms with Crippen LogP contribution in [0.1, 0.15) is 18.5 Å². The number of para-hydroxylation sites is 2. The fourth-order valence-electron chi connectivity index (χ4n) is 3.67. The average Bonchev–Trinajstić information content (AvgIpc) is 3.05. The summed E-state index contributed by atoms with van der Waals surface area (Å²) in [7, 11) is 3.93. The van der Waals surface area contributed by atoms with Gasteiger partial charge in [-0.05, 0) is 36.8 Å². The van der Waals surface area contributed by atoms with Crippen LogP contribution in [0.25, 0.3) is 11.0 Å². The maximum Gasteiger partial charge on any atom is 0.321 e. The molecule has 0 saturated carbocycles. The number of amides is 1. The number of imidazole rings is 1. The number of carbonyl (C=O) groups excluding carboxylic acids is 2.